The highest BCUT2D eigenvalue weighted by Crippen LogP contribution is 2.34. The summed E-state index contributed by atoms with van der Waals surface area (Å²) in [7, 11) is -2.86. The van der Waals surface area contributed by atoms with E-state index >= 15 is 0 Å². The van der Waals surface area contributed by atoms with Gasteiger partial charge < -0.3 is 9.14 Å². The van der Waals surface area contributed by atoms with Gasteiger partial charge in [-0.25, -0.2) is 9.97 Å². The number of thiol groups is 1. The van der Waals surface area contributed by atoms with Crippen molar-refractivity contribution in [3.63, 3.8) is 0 Å². The number of pyridine rings is 2. The first-order valence-electron chi connectivity index (χ1n) is 9.10. The lowest BCUT2D eigenvalue weighted by molar-refractivity contribution is -0.137. The Labute approximate surface area is 172 Å². The van der Waals surface area contributed by atoms with Gasteiger partial charge in [-0.2, -0.15) is 18.4 Å². The summed E-state index contributed by atoms with van der Waals surface area (Å²) in [5.41, 5.74) is -1.21. The average molecular weight is 438 g/mol. The van der Waals surface area contributed by atoms with Gasteiger partial charge in [0.25, 0.3) is 0 Å². The van der Waals surface area contributed by atoms with Gasteiger partial charge in [0.15, 0.2) is 5.60 Å². The number of rotatable bonds is 5. The number of hydrogen-bond acceptors (Lipinski definition) is 5. The van der Waals surface area contributed by atoms with E-state index in [0.29, 0.717) is 22.0 Å². The largest absolute Gasteiger partial charge is 0.471 e. The van der Waals surface area contributed by atoms with E-state index in [4.69, 9.17) is 4.74 Å². The first-order chi connectivity index (χ1) is 13.9. The Morgan fingerprint density at radius 1 is 1.30 bits per heavy atom. The normalized spacial score (nSPS) is 13.3. The number of alkyl halides is 3. The van der Waals surface area contributed by atoms with E-state index in [1.165, 1.54) is 23.0 Å². The molecule has 3 rings (SSSR count). The lowest BCUT2D eigenvalue weighted by Gasteiger charge is -2.22. The molecule has 10 heteroatoms. The van der Waals surface area contributed by atoms with Crippen LogP contribution in [0.3, 0.4) is 0 Å². The predicted octanol–water partition coefficient (Wildman–Crippen LogP) is 4.12. The van der Waals surface area contributed by atoms with E-state index in [0.717, 1.165) is 12.1 Å². The highest BCUT2D eigenvalue weighted by molar-refractivity contribution is 8.02. The summed E-state index contributed by atoms with van der Waals surface area (Å²) in [4.78, 5) is 9.01. The van der Waals surface area contributed by atoms with E-state index < -0.39 is 27.3 Å². The van der Waals surface area contributed by atoms with Gasteiger partial charge in [0.2, 0.25) is 0 Å². The molecule has 0 N–H and O–H groups in total. The third-order valence-corrected chi connectivity index (χ3v) is 7.19. The molecule has 0 aliphatic rings. The first-order valence-corrected chi connectivity index (χ1v) is 11.4. The van der Waals surface area contributed by atoms with Gasteiger partial charge in [-0.05, 0) is 38.3 Å². The standard InChI is InChI=1S/C20H21F3N4O2S/c1-5-30(4,28)16-9-14(29-19(2,3)12-24)10-25-18(16)15-11-27-7-6-13(20(21,22)23)8-17(27)26-15/h6-11,30H,5H2,1-4H3. The molecule has 0 bridgehead atoms. The van der Waals surface area contributed by atoms with Crippen LogP contribution in [-0.4, -0.2) is 36.2 Å². The molecule has 3 heterocycles. The molecule has 0 unspecified atom stereocenters. The maximum absolute atomic E-state index is 13.2. The second-order valence-corrected chi connectivity index (χ2v) is 10.8. The Balaban J connectivity index is 2.15. The van der Waals surface area contributed by atoms with Gasteiger partial charge in [0, 0.05) is 23.0 Å². The molecule has 6 nitrogen and oxygen atoms in total. The van der Waals surface area contributed by atoms with Crippen molar-refractivity contribution >= 4 is 15.6 Å². The molecule has 0 aliphatic carbocycles. The zero-order valence-corrected chi connectivity index (χ0v) is 17.8. The lowest BCUT2D eigenvalue weighted by Crippen LogP contribution is -2.26. The number of nitrogens with zero attached hydrogens (tertiary/aromatic N) is 4. The minimum atomic E-state index is -4.48. The van der Waals surface area contributed by atoms with E-state index in [9.17, 15) is 22.6 Å². The summed E-state index contributed by atoms with van der Waals surface area (Å²) in [6.45, 7) is 4.95. The van der Waals surface area contributed by atoms with Crippen molar-refractivity contribution in [3.05, 3.63) is 42.4 Å². The molecule has 0 spiro atoms. The molecule has 0 saturated heterocycles. The number of nitriles is 1. The molecule has 0 saturated carbocycles. The predicted molar refractivity (Wildman–Crippen MR) is 108 cm³/mol. The quantitative estimate of drug-likeness (QED) is 0.606. The molecule has 30 heavy (non-hydrogen) atoms. The zero-order chi connectivity index (χ0) is 22.3. The topological polar surface area (TPSA) is 80.3 Å². The molecule has 160 valence electrons. The second kappa shape index (κ2) is 7.40. The SMILES string of the molecule is CC[SH](C)(=O)c1cc(OC(C)(C)C#N)cnc1-c1cn2ccc(C(F)(F)F)cc2n1. The van der Waals surface area contributed by atoms with Gasteiger partial charge in [-0.3, -0.25) is 4.21 Å². The van der Waals surface area contributed by atoms with Crippen molar-refractivity contribution in [2.45, 2.75) is 37.4 Å². The molecular formula is C20H21F3N4O2S. The zero-order valence-electron chi connectivity index (χ0n) is 16.9. The minimum absolute atomic E-state index is 0.0981. The number of halogens is 3. The Hall–Kier alpha value is -2.93. The Bertz CT molecular complexity index is 1190. The number of hydrogen-bond donors (Lipinski definition) is 1. The van der Waals surface area contributed by atoms with Crippen molar-refractivity contribution in [1.29, 1.82) is 5.26 Å². The van der Waals surface area contributed by atoms with E-state index in [1.54, 1.807) is 33.1 Å². The van der Waals surface area contributed by atoms with Crippen molar-refractivity contribution in [1.82, 2.24) is 14.4 Å². The van der Waals surface area contributed by atoms with Crippen LogP contribution in [0.4, 0.5) is 13.2 Å². The number of aromatic nitrogens is 3. The number of imidazole rings is 1. The fraction of sp³-hybridized carbons (Fsp3) is 0.350. The minimum Gasteiger partial charge on any atom is -0.471 e. The van der Waals surface area contributed by atoms with E-state index in [2.05, 4.69) is 9.97 Å². The van der Waals surface area contributed by atoms with Crippen molar-refractivity contribution in [2.24, 2.45) is 0 Å². The summed E-state index contributed by atoms with van der Waals surface area (Å²) in [6, 6.07) is 5.49. The fourth-order valence-electron chi connectivity index (χ4n) is 2.81. The van der Waals surface area contributed by atoms with Crippen molar-refractivity contribution < 1.29 is 22.1 Å². The van der Waals surface area contributed by atoms with Crippen LogP contribution in [0.1, 0.15) is 26.3 Å². The maximum Gasteiger partial charge on any atom is 0.416 e. The van der Waals surface area contributed by atoms with E-state index in [1.807, 2.05) is 6.07 Å². The molecule has 0 aliphatic heterocycles. The summed E-state index contributed by atoms with van der Waals surface area (Å²) >= 11 is 0. The summed E-state index contributed by atoms with van der Waals surface area (Å²) in [5.74, 6) is 0.622. The fourth-order valence-corrected chi connectivity index (χ4v) is 4.17. The highest BCUT2D eigenvalue weighted by atomic mass is 32.2. The van der Waals surface area contributed by atoms with Gasteiger partial charge in [0.1, 0.15) is 28.9 Å². The van der Waals surface area contributed by atoms with Gasteiger partial charge in [0.05, 0.1) is 11.8 Å². The van der Waals surface area contributed by atoms with Crippen LogP contribution in [0.15, 0.2) is 41.7 Å². The van der Waals surface area contributed by atoms with Gasteiger partial charge >= 0.3 is 6.18 Å². The smallest absolute Gasteiger partial charge is 0.416 e. The van der Waals surface area contributed by atoms with Crippen molar-refractivity contribution in [3.8, 4) is 23.2 Å². The Morgan fingerprint density at radius 3 is 2.60 bits per heavy atom. The second-order valence-electron chi connectivity index (χ2n) is 7.48. The molecule has 0 atom stereocenters. The summed E-state index contributed by atoms with van der Waals surface area (Å²) in [6.07, 6.45) is 1.32. The molecule has 0 fully saturated rings. The van der Waals surface area contributed by atoms with Gasteiger partial charge in [-0.1, -0.05) is 16.9 Å². The highest BCUT2D eigenvalue weighted by Gasteiger charge is 2.31. The molecule has 0 radical (unpaired) electrons. The number of ether oxygens (including phenoxy) is 1. The molecule has 0 aromatic carbocycles. The number of fused-ring (bicyclic) bond motifs is 1. The van der Waals surface area contributed by atoms with Crippen LogP contribution >= 0.6 is 0 Å². The molecule has 3 aromatic heterocycles. The van der Waals surface area contributed by atoms with Crippen LogP contribution in [0.5, 0.6) is 5.75 Å². The maximum atomic E-state index is 13.2. The van der Waals surface area contributed by atoms with Crippen LogP contribution in [-0.2, 0) is 16.1 Å². The summed E-state index contributed by atoms with van der Waals surface area (Å²) < 4.78 is 59.3. The van der Waals surface area contributed by atoms with E-state index in [-0.39, 0.29) is 11.4 Å². The average Bonchev–Trinajstić information content (AvgIpc) is 3.10. The van der Waals surface area contributed by atoms with Crippen LogP contribution < -0.4 is 4.74 Å². The Kier molecular flexibility index (Phi) is 5.37. The van der Waals surface area contributed by atoms with Crippen LogP contribution in [0.2, 0.25) is 0 Å². The molecular weight excluding hydrogens is 417 g/mol. The third-order valence-electron chi connectivity index (χ3n) is 4.63. The third kappa shape index (κ3) is 4.31. The van der Waals surface area contributed by atoms with Crippen molar-refractivity contribution in [2.75, 3.05) is 12.0 Å². The Morgan fingerprint density at radius 2 is 2.00 bits per heavy atom. The van der Waals surface area contributed by atoms with Gasteiger partial charge in [-0.15, -0.1) is 0 Å². The molecule has 3 aromatic rings. The summed E-state index contributed by atoms with van der Waals surface area (Å²) in [5, 5.41) is 9.18. The molecule has 0 amide bonds. The van der Waals surface area contributed by atoms with Crippen LogP contribution in [0, 0.1) is 11.3 Å². The monoisotopic (exact) mass is 438 g/mol. The van der Waals surface area contributed by atoms with Crippen LogP contribution in [0.25, 0.3) is 17.0 Å². The lowest BCUT2D eigenvalue weighted by atomic mass is 10.2. The first kappa shape index (κ1) is 21.8.